The summed E-state index contributed by atoms with van der Waals surface area (Å²) in [5.41, 5.74) is 3.08. The Hall–Kier alpha value is -2.08. The van der Waals surface area contributed by atoms with Crippen molar-refractivity contribution < 1.29 is 19.5 Å². The third kappa shape index (κ3) is 4.84. The monoisotopic (exact) mass is 252 g/mol. The Labute approximate surface area is 105 Å². The van der Waals surface area contributed by atoms with Crippen LogP contribution >= 0.6 is 0 Å². The second kappa shape index (κ2) is 7.29. The lowest BCUT2D eigenvalue weighted by atomic mass is 10.2. The molecule has 0 heterocycles. The molecule has 0 saturated carbocycles. The Bertz CT molecular complexity index is 394. The molecule has 6 nitrogen and oxygen atoms in total. The lowest BCUT2D eigenvalue weighted by Gasteiger charge is -2.20. The molecule has 0 saturated heterocycles. The summed E-state index contributed by atoms with van der Waals surface area (Å²) in [4.78, 5) is 27.9. The first-order valence-corrected chi connectivity index (χ1v) is 5.56. The molecule has 2 amide bonds. The van der Waals surface area contributed by atoms with Crippen molar-refractivity contribution in [3.63, 3.8) is 0 Å². The highest BCUT2D eigenvalue weighted by atomic mass is 16.7. The highest BCUT2D eigenvalue weighted by Gasteiger charge is 2.12. The second-order valence-electron chi connectivity index (χ2n) is 3.59. The van der Waals surface area contributed by atoms with Gasteiger partial charge in [0.1, 0.15) is 0 Å². The van der Waals surface area contributed by atoms with Crippen LogP contribution in [0.1, 0.15) is 12.5 Å². The zero-order valence-corrected chi connectivity index (χ0v) is 10.1. The number of rotatable bonds is 6. The minimum absolute atomic E-state index is 0.444. The number of aliphatic carboxylic acids is 1. The first kappa shape index (κ1) is 14.0. The molecule has 0 aliphatic rings. The molecule has 0 spiro atoms. The molecular formula is C12H16N2O4. The number of hydrogen-bond donors (Lipinski definition) is 2. The molecule has 0 aliphatic carbocycles. The molecule has 0 fully saturated rings. The fourth-order valence-corrected chi connectivity index (χ4v) is 1.36. The molecule has 0 bridgehead atoms. The number of carboxylic acid groups (broad SMARTS) is 1. The Kier molecular flexibility index (Phi) is 5.66. The molecule has 0 aliphatic heterocycles. The molecule has 0 radical (unpaired) electrons. The van der Waals surface area contributed by atoms with Gasteiger partial charge in [-0.2, -0.15) is 0 Å². The number of amides is 2. The highest BCUT2D eigenvalue weighted by molar-refractivity contribution is 5.73. The third-order valence-electron chi connectivity index (χ3n) is 2.24. The maximum atomic E-state index is 11.7. The van der Waals surface area contributed by atoms with Gasteiger partial charge < -0.3 is 10.0 Å². The number of nitrogens with zero attached hydrogens (tertiary/aromatic N) is 1. The predicted molar refractivity (Wildman–Crippen MR) is 64.6 cm³/mol. The van der Waals surface area contributed by atoms with E-state index < -0.39 is 18.6 Å². The van der Waals surface area contributed by atoms with Crippen LogP contribution in [0.15, 0.2) is 30.3 Å². The van der Waals surface area contributed by atoms with Crippen LogP contribution < -0.4 is 5.48 Å². The van der Waals surface area contributed by atoms with Gasteiger partial charge in [-0.15, -0.1) is 0 Å². The number of nitrogens with one attached hydrogen (secondary N) is 1. The van der Waals surface area contributed by atoms with Crippen molar-refractivity contribution in [1.82, 2.24) is 10.4 Å². The minimum atomic E-state index is -1.14. The fraction of sp³-hybridized carbons (Fsp3) is 0.333. The Morgan fingerprint density at radius 3 is 2.56 bits per heavy atom. The van der Waals surface area contributed by atoms with Gasteiger partial charge in [-0.3, -0.25) is 4.84 Å². The van der Waals surface area contributed by atoms with Crippen LogP contribution in [-0.2, 0) is 16.2 Å². The number of hydroxylamine groups is 1. The van der Waals surface area contributed by atoms with E-state index in [0.717, 1.165) is 5.56 Å². The summed E-state index contributed by atoms with van der Waals surface area (Å²) in [5.74, 6) is -1.14. The van der Waals surface area contributed by atoms with Crippen LogP contribution in [0, 0.1) is 0 Å². The molecular weight excluding hydrogens is 236 g/mol. The van der Waals surface area contributed by atoms with Crippen LogP contribution in [0.4, 0.5) is 4.79 Å². The molecule has 0 unspecified atom stereocenters. The number of benzene rings is 1. The van der Waals surface area contributed by atoms with Gasteiger partial charge in [0.05, 0.1) is 0 Å². The first-order chi connectivity index (χ1) is 8.63. The summed E-state index contributed by atoms with van der Waals surface area (Å²) in [7, 11) is 0. The lowest BCUT2D eigenvalue weighted by molar-refractivity contribution is -0.144. The molecule has 18 heavy (non-hydrogen) atoms. The van der Waals surface area contributed by atoms with Crippen LogP contribution in [-0.4, -0.2) is 35.2 Å². The molecule has 0 atom stereocenters. The molecule has 98 valence electrons. The summed E-state index contributed by atoms with van der Waals surface area (Å²) in [6.45, 7) is 2.21. The van der Waals surface area contributed by atoms with E-state index in [-0.39, 0.29) is 0 Å². The SMILES string of the molecule is CCN(Cc1ccccc1)C(=O)NOCC(=O)O. The fourth-order valence-electron chi connectivity index (χ4n) is 1.36. The van der Waals surface area contributed by atoms with Gasteiger partial charge >= 0.3 is 12.0 Å². The zero-order chi connectivity index (χ0) is 13.4. The predicted octanol–water partition coefficient (Wildman–Crippen LogP) is 1.23. The normalized spacial score (nSPS) is 9.83. The standard InChI is InChI=1S/C12H16N2O4/c1-2-14(8-10-6-4-3-5-7-10)12(17)13-18-9-11(15)16/h3-7H,2,8-9H2,1H3,(H,13,17)(H,15,16). The molecule has 2 N–H and O–H groups in total. The minimum Gasteiger partial charge on any atom is -0.479 e. The van der Waals surface area contributed by atoms with E-state index in [1.165, 1.54) is 4.90 Å². The maximum absolute atomic E-state index is 11.7. The van der Waals surface area contributed by atoms with Crippen LogP contribution in [0.25, 0.3) is 0 Å². The lowest BCUT2D eigenvalue weighted by Crippen LogP contribution is -2.40. The van der Waals surface area contributed by atoms with Gasteiger partial charge in [0, 0.05) is 13.1 Å². The van der Waals surface area contributed by atoms with E-state index in [4.69, 9.17) is 5.11 Å². The number of carboxylic acids is 1. The van der Waals surface area contributed by atoms with E-state index in [9.17, 15) is 9.59 Å². The van der Waals surface area contributed by atoms with Gasteiger partial charge in [0.15, 0.2) is 6.61 Å². The smallest absolute Gasteiger partial charge is 0.341 e. The van der Waals surface area contributed by atoms with E-state index in [2.05, 4.69) is 10.3 Å². The van der Waals surface area contributed by atoms with E-state index in [1.807, 2.05) is 37.3 Å². The quantitative estimate of drug-likeness (QED) is 0.746. The van der Waals surface area contributed by atoms with Gasteiger partial charge in [0.2, 0.25) is 0 Å². The Balaban J connectivity index is 2.45. The maximum Gasteiger partial charge on any atom is 0.341 e. The van der Waals surface area contributed by atoms with Crippen molar-refractivity contribution in [1.29, 1.82) is 0 Å². The average molecular weight is 252 g/mol. The molecule has 0 aromatic heterocycles. The van der Waals surface area contributed by atoms with Crippen molar-refractivity contribution >= 4 is 12.0 Å². The van der Waals surface area contributed by atoms with Crippen molar-refractivity contribution in [2.75, 3.05) is 13.2 Å². The van der Waals surface area contributed by atoms with Gasteiger partial charge in [-0.1, -0.05) is 30.3 Å². The van der Waals surface area contributed by atoms with Crippen LogP contribution in [0.3, 0.4) is 0 Å². The largest absolute Gasteiger partial charge is 0.479 e. The third-order valence-corrected chi connectivity index (χ3v) is 2.24. The van der Waals surface area contributed by atoms with Crippen molar-refractivity contribution in [2.45, 2.75) is 13.5 Å². The Morgan fingerprint density at radius 1 is 1.33 bits per heavy atom. The number of carbonyl (C=O) groups is 2. The summed E-state index contributed by atoms with van der Waals surface area (Å²) in [6, 6.07) is 9.05. The summed E-state index contributed by atoms with van der Waals surface area (Å²) >= 11 is 0. The highest BCUT2D eigenvalue weighted by Crippen LogP contribution is 2.04. The van der Waals surface area contributed by atoms with Crippen molar-refractivity contribution in [2.24, 2.45) is 0 Å². The van der Waals surface area contributed by atoms with Crippen LogP contribution in [0.5, 0.6) is 0 Å². The number of carbonyl (C=O) groups excluding carboxylic acids is 1. The van der Waals surface area contributed by atoms with Crippen molar-refractivity contribution in [3.8, 4) is 0 Å². The number of hydrogen-bond acceptors (Lipinski definition) is 3. The van der Waals surface area contributed by atoms with Crippen LogP contribution in [0.2, 0.25) is 0 Å². The zero-order valence-electron chi connectivity index (χ0n) is 10.1. The van der Waals surface area contributed by atoms with E-state index in [1.54, 1.807) is 0 Å². The second-order valence-corrected chi connectivity index (χ2v) is 3.59. The average Bonchev–Trinajstić information content (AvgIpc) is 2.36. The summed E-state index contributed by atoms with van der Waals surface area (Å²) in [6.07, 6.45) is 0. The van der Waals surface area contributed by atoms with Crippen molar-refractivity contribution in [3.05, 3.63) is 35.9 Å². The van der Waals surface area contributed by atoms with E-state index in [0.29, 0.717) is 13.1 Å². The van der Waals surface area contributed by atoms with Gasteiger partial charge in [-0.05, 0) is 12.5 Å². The first-order valence-electron chi connectivity index (χ1n) is 5.56. The number of urea groups is 1. The van der Waals surface area contributed by atoms with Gasteiger partial charge in [0.25, 0.3) is 0 Å². The molecule has 1 rings (SSSR count). The van der Waals surface area contributed by atoms with E-state index >= 15 is 0 Å². The Morgan fingerprint density at radius 2 is 2.00 bits per heavy atom. The molecule has 6 heteroatoms. The summed E-state index contributed by atoms with van der Waals surface area (Å²) in [5, 5.41) is 8.37. The van der Waals surface area contributed by atoms with Gasteiger partial charge in [-0.25, -0.2) is 15.1 Å². The molecule has 1 aromatic carbocycles. The molecule has 1 aromatic rings. The summed E-state index contributed by atoms with van der Waals surface area (Å²) < 4.78 is 0. The topological polar surface area (TPSA) is 78.9 Å².